The monoisotopic (exact) mass is 603 g/mol. The molecule has 1 aliphatic rings. The highest BCUT2D eigenvalue weighted by molar-refractivity contribution is 14.1. The molecule has 0 atom stereocenters. The Labute approximate surface area is 223 Å². The van der Waals surface area contributed by atoms with Gasteiger partial charge in [0.25, 0.3) is 0 Å². The van der Waals surface area contributed by atoms with E-state index in [4.69, 9.17) is 0 Å². The van der Waals surface area contributed by atoms with E-state index < -0.39 is 10.1 Å². The minimum atomic E-state index is -4.27. The van der Waals surface area contributed by atoms with Crippen molar-refractivity contribution in [1.29, 1.82) is 0 Å². The van der Waals surface area contributed by atoms with Crippen LogP contribution in [0.2, 0.25) is 0 Å². The fourth-order valence-electron chi connectivity index (χ4n) is 4.66. The highest BCUT2D eigenvalue weighted by Crippen LogP contribution is 2.21. The van der Waals surface area contributed by atoms with E-state index in [1.165, 1.54) is 126 Å². The predicted molar refractivity (Wildman–Crippen MR) is 151 cm³/mol. The molecule has 4 nitrogen and oxygen atoms in total. The molecular weight excluding hydrogens is 557 g/mol. The normalized spacial score (nSPS) is 14.7. The molecule has 0 unspecified atom stereocenters. The van der Waals surface area contributed by atoms with Crippen molar-refractivity contribution in [3.8, 4) is 9.85 Å². The molecule has 0 spiro atoms. The first-order valence-corrected chi connectivity index (χ1v) is 15.8. The van der Waals surface area contributed by atoms with Crippen LogP contribution in [0.4, 0.5) is 0 Å². The Kier molecular flexibility index (Phi) is 17.2. The number of quaternary nitrogens is 1. The summed E-state index contributed by atoms with van der Waals surface area (Å²) in [5, 5.41) is 0. The maximum Gasteiger partial charge on any atom is 0.141 e. The third-order valence-electron chi connectivity index (χ3n) is 6.79. The van der Waals surface area contributed by atoms with Crippen molar-refractivity contribution in [1.82, 2.24) is 0 Å². The standard InChI is InChI=1S/C21H39IN.C7H8O3S/c1-2-3-4-5-6-7-8-9-10-11-12-13-18-23(21-16-17-22)19-14-15-20-23;1-6-2-4-7(5-3-6)11(8,9)10/h2-15,18-21H2,1H3;2-5H,1H3,(H,8,9,10)/q+1;/p-1. The van der Waals surface area contributed by atoms with Crippen LogP contribution in [-0.2, 0) is 10.1 Å². The van der Waals surface area contributed by atoms with Gasteiger partial charge in [0, 0.05) is 35.4 Å². The van der Waals surface area contributed by atoms with Crippen LogP contribution >= 0.6 is 22.6 Å². The zero-order valence-corrected chi connectivity index (χ0v) is 24.5. The molecule has 0 amide bonds. The molecule has 1 fully saturated rings. The lowest BCUT2D eigenvalue weighted by molar-refractivity contribution is -0.910. The zero-order valence-electron chi connectivity index (χ0n) is 21.5. The van der Waals surface area contributed by atoms with Gasteiger partial charge in [0.2, 0.25) is 0 Å². The van der Waals surface area contributed by atoms with Crippen LogP contribution in [-0.4, -0.2) is 43.6 Å². The third kappa shape index (κ3) is 14.7. The SMILES string of the molecule is CCCCCCCCCCCCCC[N+]1(CC#CI)CCCC1.Cc1ccc(S(=O)(=O)[O-])cc1. The topological polar surface area (TPSA) is 57.2 Å². The molecule has 0 aliphatic carbocycles. The highest BCUT2D eigenvalue weighted by Gasteiger charge is 2.30. The Balaban J connectivity index is 0.000000437. The summed E-state index contributed by atoms with van der Waals surface area (Å²) in [5.74, 6) is 3.33. The Hall–Kier alpha value is -0.620. The van der Waals surface area contributed by atoms with Gasteiger partial charge in [0.15, 0.2) is 0 Å². The van der Waals surface area contributed by atoms with Crippen LogP contribution in [0.25, 0.3) is 0 Å². The first-order chi connectivity index (χ1) is 16.3. The van der Waals surface area contributed by atoms with Crippen molar-refractivity contribution in [3.05, 3.63) is 29.8 Å². The lowest BCUT2D eigenvalue weighted by Gasteiger charge is -2.32. The number of nitrogens with zero attached hydrogens (tertiary/aromatic N) is 1. The van der Waals surface area contributed by atoms with Crippen molar-refractivity contribution in [2.75, 3.05) is 26.2 Å². The van der Waals surface area contributed by atoms with E-state index in [1.54, 1.807) is 12.1 Å². The molecule has 1 aliphatic heterocycles. The van der Waals surface area contributed by atoms with Gasteiger partial charge in [-0.05, 0) is 41.7 Å². The van der Waals surface area contributed by atoms with Gasteiger partial charge in [-0.3, -0.25) is 0 Å². The van der Waals surface area contributed by atoms with Crippen molar-refractivity contribution >= 4 is 32.7 Å². The summed E-state index contributed by atoms with van der Waals surface area (Å²) >= 11 is 2.19. The summed E-state index contributed by atoms with van der Waals surface area (Å²) in [7, 11) is -4.27. The van der Waals surface area contributed by atoms with Crippen LogP contribution in [0.1, 0.15) is 102 Å². The molecular formula is C28H46INO3S. The molecule has 0 saturated carbocycles. The fraction of sp³-hybridized carbons (Fsp3) is 0.714. The van der Waals surface area contributed by atoms with Gasteiger partial charge in [-0.15, -0.1) is 0 Å². The van der Waals surface area contributed by atoms with Gasteiger partial charge < -0.3 is 9.04 Å². The summed E-state index contributed by atoms with van der Waals surface area (Å²) in [6.45, 7) is 9.35. The smallest absolute Gasteiger partial charge is 0.141 e. The highest BCUT2D eigenvalue weighted by atomic mass is 127. The molecule has 1 aromatic rings. The first-order valence-electron chi connectivity index (χ1n) is 13.3. The van der Waals surface area contributed by atoms with Crippen molar-refractivity contribution in [2.24, 2.45) is 0 Å². The number of hydrogen-bond acceptors (Lipinski definition) is 3. The van der Waals surface area contributed by atoms with Gasteiger partial charge in [0.1, 0.15) is 16.7 Å². The van der Waals surface area contributed by atoms with Crippen LogP contribution in [0.3, 0.4) is 0 Å². The molecule has 194 valence electrons. The number of unbranched alkanes of at least 4 members (excludes halogenated alkanes) is 11. The number of likely N-dealkylation sites (tertiary alicyclic amines) is 1. The van der Waals surface area contributed by atoms with Crippen LogP contribution in [0.15, 0.2) is 29.2 Å². The van der Waals surface area contributed by atoms with Gasteiger partial charge in [-0.1, -0.05) is 88.8 Å². The average molecular weight is 604 g/mol. The number of benzene rings is 1. The van der Waals surface area contributed by atoms with Gasteiger partial charge >= 0.3 is 0 Å². The van der Waals surface area contributed by atoms with Crippen molar-refractivity contribution in [3.63, 3.8) is 0 Å². The molecule has 0 N–H and O–H groups in total. The van der Waals surface area contributed by atoms with Crippen LogP contribution in [0.5, 0.6) is 0 Å². The van der Waals surface area contributed by atoms with Crippen LogP contribution < -0.4 is 0 Å². The molecule has 2 rings (SSSR count). The Bertz CT molecular complexity index is 806. The van der Waals surface area contributed by atoms with E-state index in [1.807, 2.05) is 6.92 Å². The number of aryl methyl sites for hydroxylation is 1. The molecule has 0 radical (unpaired) electrons. The summed E-state index contributed by atoms with van der Waals surface area (Å²) in [6.07, 6.45) is 20.2. The zero-order chi connectivity index (χ0) is 25.1. The quantitative estimate of drug-likeness (QED) is 0.0683. The molecule has 34 heavy (non-hydrogen) atoms. The molecule has 1 saturated heterocycles. The molecule has 1 aromatic carbocycles. The van der Waals surface area contributed by atoms with E-state index in [0.29, 0.717) is 0 Å². The molecule has 0 bridgehead atoms. The summed E-state index contributed by atoms with van der Waals surface area (Å²) in [6, 6.07) is 5.78. The second kappa shape index (κ2) is 18.6. The van der Waals surface area contributed by atoms with Crippen molar-refractivity contribution < 1.29 is 17.5 Å². The maximum atomic E-state index is 10.4. The van der Waals surface area contributed by atoms with E-state index in [0.717, 1.165) is 12.1 Å². The minimum Gasteiger partial charge on any atom is -0.744 e. The third-order valence-corrected chi connectivity index (χ3v) is 8.02. The van der Waals surface area contributed by atoms with Gasteiger partial charge in [-0.2, -0.15) is 0 Å². The second-order valence-electron chi connectivity index (χ2n) is 9.81. The van der Waals surface area contributed by atoms with E-state index >= 15 is 0 Å². The molecule has 6 heteroatoms. The number of hydrogen-bond donors (Lipinski definition) is 0. The minimum absolute atomic E-state index is 0.178. The Morgan fingerprint density at radius 2 is 1.32 bits per heavy atom. The van der Waals surface area contributed by atoms with Gasteiger partial charge in [0.05, 0.1) is 24.5 Å². The molecule has 0 aromatic heterocycles. The number of rotatable bonds is 15. The fourth-order valence-corrected chi connectivity index (χ4v) is 5.30. The first kappa shape index (κ1) is 31.4. The number of halogens is 1. The Morgan fingerprint density at radius 1 is 0.853 bits per heavy atom. The lowest BCUT2D eigenvalue weighted by Crippen LogP contribution is -2.46. The van der Waals surface area contributed by atoms with E-state index in [2.05, 4.69) is 39.4 Å². The molecule has 1 heterocycles. The Morgan fingerprint density at radius 3 is 1.76 bits per heavy atom. The lowest BCUT2D eigenvalue weighted by atomic mass is 10.1. The van der Waals surface area contributed by atoms with Crippen molar-refractivity contribution in [2.45, 2.75) is 109 Å². The second-order valence-corrected chi connectivity index (χ2v) is 11.7. The van der Waals surface area contributed by atoms with E-state index in [-0.39, 0.29) is 4.90 Å². The van der Waals surface area contributed by atoms with E-state index in [9.17, 15) is 13.0 Å². The summed E-state index contributed by atoms with van der Waals surface area (Å²) < 4.78 is 35.5. The summed E-state index contributed by atoms with van der Waals surface area (Å²) in [4.78, 5) is -0.178. The van der Waals surface area contributed by atoms with Gasteiger partial charge in [-0.25, -0.2) is 8.42 Å². The van der Waals surface area contributed by atoms with Crippen LogP contribution in [0, 0.1) is 16.8 Å². The predicted octanol–water partition coefficient (Wildman–Crippen LogP) is 7.59. The maximum absolute atomic E-state index is 10.4. The largest absolute Gasteiger partial charge is 0.744 e. The average Bonchev–Trinajstić information content (AvgIpc) is 3.27. The summed E-state index contributed by atoms with van der Waals surface area (Å²) in [5.41, 5.74) is 0.928.